The van der Waals surface area contributed by atoms with Gasteiger partial charge in [0.1, 0.15) is 5.69 Å². The van der Waals surface area contributed by atoms with Gasteiger partial charge in [0.15, 0.2) is 11.6 Å². The van der Waals surface area contributed by atoms with Gasteiger partial charge >= 0.3 is 0 Å². The molecule has 0 aliphatic heterocycles. The van der Waals surface area contributed by atoms with Crippen molar-refractivity contribution in [1.82, 2.24) is 0 Å². The first kappa shape index (κ1) is 13.9. The molecule has 0 amide bonds. The number of halogens is 2. The molecule has 0 aromatic heterocycles. The van der Waals surface area contributed by atoms with Gasteiger partial charge in [-0.1, -0.05) is 6.92 Å². The van der Waals surface area contributed by atoms with Crippen molar-refractivity contribution in [3.05, 3.63) is 29.3 Å². The molecule has 0 aliphatic carbocycles. The Hall–Kier alpha value is -1.21. The van der Waals surface area contributed by atoms with Crippen LogP contribution in [0.1, 0.15) is 24.9 Å². The SMILES string of the molecule is CC[C@@H](N)c1cc(F)c(NS(C)(=O)=O)c(F)c1. The number of anilines is 1. The first-order chi connectivity index (χ1) is 7.74. The van der Waals surface area contributed by atoms with Crippen LogP contribution >= 0.6 is 0 Å². The molecular weight excluding hydrogens is 250 g/mol. The molecule has 4 nitrogen and oxygen atoms in total. The van der Waals surface area contributed by atoms with Crippen LogP contribution in [-0.4, -0.2) is 14.7 Å². The molecule has 0 fully saturated rings. The van der Waals surface area contributed by atoms with Crippen molar-refractivity contribution in [1.29, 1.82) is 0 Å². The second kappa shape index (κ2) is 4.97. The van der Waals surface area contributed by atoms with E-state index >= 15 is 0 Å². The minimum atomic E-state index is -3.72. The van der Waals surface area contributed by atoms with Crippen LogP contribution in [0.4, 0.5) is 14.5 Å². The minimum absolute atomic E-state index is 0.293. The standard InChI is InChI=1S/C10H14F2N2O2S/c1-3-9(13)6-4-7(11)10(8(12)5-6)14-17(2,15)16/h4-5,9,14H,3,13H2,1-2H3/t9-/m1/s1. The summed E-state index contributed by atoms with van der Waals surface area (Å²) in [5, 5.41) is 0. The zero-order valence-electron chi connectivity index (χ0n) is 9.50. The van der Waals surface area contributed by atoms with Crippen LogP contribution < -0.4 is 10.5 Å². The number of rotatable bonds is 4. The molecule has 1 aromatic rings. The van der Waals surface area contributed by atoms with E-state index in [0.717, 1.165) is 18.4 Å². The molecule has 0 saturated carbocycles. The topological polar surface area (TPSA) is 72.2 Å². The van der Waals surface area contributed by atoms with Crippen LogP contribution in [0.2, 0.25) is 0 Å². The monoisotopic (exact) mass is 264 g/mol. The van der Waals surface area contributed by atoms with E-state index in [-0.39, 0.29) is 0 Å². The van der Waals surface area contributed by atoms with Crippen LogP contribution in [0.3, 0.4) is 0 Å². The van der Waals surface area contributed by atoms with E-state index in [4.69, 9.17) is 5.73 Å². The zero-order chi connectivity index (χ0) is 13.2. The smallest absolute Gasteiger partial charge is 0.230 e. The average molecular weight is 264 g/mol. The Kier molecular flexibility index (Phi) is 4.05. The van der Waals surface area contributed by atoms with Crippen LogP contribution in [0, 0.1) is 11.6 Å². The summed E-state index contributed by atoms with van der Waals surface area (Å²) in [6.07, 6.45) is 1.34. The maximum atomic E-state index is 13.5. The summed E-state index contributed by atoms with van der Waals surface area (Å²) in [5.74, 6) is -1.95. The van der Waals surface area contributed by atoms with Crippen LogP contribution in [0.15, 0.2) is 12.1 Å². The van der Waals surface area contributed by atoms with Crippen molar-refractivity contribution in [3.63, 3.8) is 0 Å². The summed E-state index contributed by atoms with van der Waals surface area (Å²) in [6, 6.07) is 1.58. The largest absolute Gasteiger partial charge is 0.324 e. The highest BCUT2D eigenvalue weighted by Crippen LogP contribution is 2.25. The number of benzene rings is 1. The van der Waals surface area contributed by atoms with Gasteiger partial charge in [0.05, 0.1) is 6.26 Å². The number of hydrogen-bond acceptors (Lipinski definition) is 3. The van der Waals surface area contributed by atoms with Gasteiger partial charge in [0.25, 0.3) is 0 Å². The third-order valence-electron chi connectivity index (χ3n) is 2.22. The predicted molar refractivity (Wildman–Crippen MR) is 62.0 cm³/mol. The summed E-state index contributed by atoms with van der Waals surface area (Å²) in [5.41, 5.74) is 5.25. The summed E-state index contributed by atoms with van der Waals surface area (Å²) in [4.78, 5) is 0. The van der Waals surface area contributed by atoms with Crippen LogP contribution in [0.5, 0.6) is 0 Å². The van der Waals surface area contributed by atoms with E-state index in [0.29, 0.717) is 12.0 Å². The van der Waals surface area contributed by atoms with Crippen molar-refractivity contribution in [2.45, 2.75) is 19.4 Å². The van der Waals surface area contributed by atoms with Gasteiger partial charge < -0.3 is 5.73 Å². The molecule has 0 saturated heterocycles. The van der Waals surface area contributed by atoms with Crippen molar-refractivity contribution < 1.29 is 17.2 Å². The average Bonchev–Trinajstić information content (AvgIpc) is 2.20. The maximum absolute atomic E-state index is 13.5. The first-order valence-electron chi connectivity index (χ1n) is 4.97. The van der Waals surface area contributed by atoms with Gasteiger partial charge in [-0.15, -0.1) is 0 Å². The normalized spacial score (nSPS) is 13.5. The Labute approximate surface area is 98.9 Å². The molecular formula is C10H14F2N2O2S. The van der Waals surface area contributed by atoms with Crippen molar-refractivity contribution in [3.8, 4) is 0 Å². The first-order valence-corrected chi connectivity index (χ1v) is 6.86. The highest BCUT2D eigenvalue weighted by Gasteiger charge is 2.16. The lowest BCUT2D eigenvalue weighted by molar-refractivity contribution is 0.575. The molecule has 17 heavy (non-hydrogen) atoms. The van der Waals surface area contributed by atoms with Crippen LogP contribution in [0.25, 0.3) is 0 Å². The molecule has 0 aliphatic rings. The Morgan fingerprint density at radius 2 is 1.82 bits per heavy atom. The van der Waals surface area contributed by atoms with Gasteiger partial charge in [0.2, 0.25) is 10.0 Å². The highest BCUT2D eigenvalue weighted by molar-refractivity contribution is 7.92. The second-order valence-electron chi connectivity index (χ2n) is 3.75. The lowest BCUT2D eigenvalue weighted by Gasteiger charge is -2.12. The highest BCUT2D eigenvalue weighted by atomic mass is 32.2. The van der Waals surface area contributed by atoms with Crippen LogP contribution in [-0.2, 0) is 10.0 Å². The van der Waals surface area contributed by atoms with E-state index in [1.54, 1.807) is 11.6 Å². The Bertz CT molecular complexity index is 494. The number of sulfonamides is 1. The second-order valence-corrected chi connectivity index (χ2v) is 5.50. The summed E-state index contributed by atoms with van der Waals surface area (Å²) in [6.45, 7) is 1.78. The molecule has 0 bridgehead atoms. The molecule has 1 atom stereocenters. The van der Waals surface area contributed by atoms with Crippen molar-refractivity contribution >= 4 is 15.7 Å². The molecule has 0 heterocycles. The van der Waals surface area contributed by atoms with E-state index in [9.17, 15) is 17.2 Å². The van der Waals surface area contributed by atoms with Crippen molar-refractivity contribution in [2.24, 2.45) is 5.73 Å². The Morgan fingerprint density at radius 3 is 2.18 bits per heavy atom. The molecule has 0 spiro atoms. The van der Waals surface area contributed by atoms with Gasteiger partial charge in [-0.3, -0.25) is 4.72 Å². The predicted octanol–water partition coefficient (Wildman–Crippen LogP) is 1.75. The third kappa shape index (κ3) is 3.64. The number of nitrogens with one attached hydrogen (secondary N) is 1. The van der Waals surface area contributed by atoms with Gasteiger partial charge in [0, 0.05) is 6.04 Å². The molecule has 1 aromatic carbocycles. The third-order valence-corrected chi connectivity index (χ3v) is 2.79. The fourth-order valence-corrected chi connectivity index (χ4v) is 1.89. The minimum Gasteiger partial charge on any atom is -0.324 e. The summed E-state index contributed by atoms with van der Waals surface area (Å²) in [7, 11) is -3.72. The fraction of sp³-hybridized carbons (Fsp3) is 0.400. The van der Waals surface area contributed by atoms with E-state index < -0.39 is 33.4 Å². The number of nitrogens with two attached hydrogens (primary N) is 1. The number of hydrogen-bond donors (Lipinski definition) is 2. The summed E-state index contributed by atoms with van der Waals surface area (Å²) >= 11 is 0. The van der Waals surface area contributed by atoms with Gasteiger partial charge in [-0.2, -0.15) is 0 Å². The van der Waals surface area contributed by atoms with E-state index in [1.165, 1.54) is 0 Å². The quantitative estimate of drug-likeness (QED) is 0.870. The molecule has 96 valence electrons. The lowest BCUT2D eigenvalue weighted by atomic mass is 10.0. The fourth-order valence-electron chi connectivity index (χ4n) is 1.33. The summed E-state index contributed by atoms with van der Waals surface area (Å²) < 4.78 is 50.6. The van der Waals surface area contributed by atoms with E-state index in [1.807, 2.05) is 0 Å². The zero-order valence-corrected chi connectivity index (χ0v) is 10.3. The van der Waals surface area contributed by atoms with E-state index in [2.05, 4.69) is 0 Å². The molecule has 1 rings (SSSR count). The lowest BCUT2D eigenvalue weighted by Crippen LogP contribution is -2.14. The maximum Gasteiger partial charge on any atom is 0.230 e. The van der Waals surface area contributed by atoms with Gasteiger partial charge in [-0.25, -0.2) is 17.2 Å². The Morgan fingerprint density at radius 1 is 1.35 bits per heavy atom. The van der Waals surface area contributed by atoms with Crippen molar-refractivity contribution in [2.75, 3.05) is 11.0 Å². The molecule has 7 heteroatoms. The molecule has 0 radical (unpaired) electrons. The molecule has 3 N–H and O–H groups in total. The molecule has 0 unspecified atom stereocenters. The van der Waals surface area contributed by atoms with Gasteiger partial charge in [-0.05, 0) is 24.1 Å². The Balaban J connectivity index is 3.20.